The number of hydrogen-bond acceptors (Lipinski definition) is 3. The van der Waals surface area contributed by atoms with Crippen molar-refractivity contribution in [2.45, 2.75) is 13.5 Å². The first-order valence-corrected chi connectivity index (χ1v) is 4.62. The molecule has 0 radical (unpaired) electrons. The molecule has 2 N–H and O–H groups in total. The molecule has 3 nitrogen and oxygen atoms in total. The molecule has 0 aliphatic heterocycles. The van der Waals surface area contributed by atoms with Gasteiger partial charge >= 0.3 is 0 Å². The molecule has 0 saturated carbocycles. The van der Waals surface area contributed by atoms with Crippen molar-refractivity contribution in [3.8, 4) is 11.3 Å². The Hall–Kier alpha value is -1.68. The highest BCUT2D eigenvalue weighted by atomic mass is 19.1. The van der Waals surface area contributed by atoms with E-state index < -0.39 is 0 Å². The third-order valence-electron chi connectivity index (χ3n) is 2.19. The molecule has 0 aliphatic rings. The lowest BCUT2D eigenvalue weighted by Gasteiger charge is -2.01. The van der Waals surface area contributed by atoms with E-state index in [1.807, 2.05) is 0 Å². The quantitative estimate of drug-likeness (QED) is 0.819. The van der Waals surface area contributed by atoms with Crippen LogP contribution in [0.2, 0.25) is 0 Å². The van der Waals surface area contributed by atoms with E-state index in [-0.39, 0.29) is 12.4 Å². The molecule has 0 bridgehead atoms. The summed E-state index contributed by atoms with van der Waals surface area (Å²) in [5, 5.41) is 0. The molecule has 0 amide bonds. The van der Waals surface area contributed by atoms with Crippen molar-refractivity contribution in [1.29, 1.82) is 0 Å². The fourth-order valence-electron chi connectivity index (χ4n) is 1.37. The van der Waals surface area contributed by atoms with Crippen LogP contribution in [-0.2, 0) is 6.54 Å². The Morgan fingerprint density at radius 2 is 2.27 bits per heavy atom. The second-order valence-electron chi connectivity index (χ2n) is 3.26. The first-order chi connectivity index (χ1) is 7.22. The number of aromatic nitrogens is 1. The summed E-state index contributed by atoms with van der Waals surface area (Å²) in [7, 11) is 0. The highest BCUT2D eigenvalue weighted by molar-refractivity contribution is 5.58. The van der Waals surface area contributed by atoms with Crippen LogP contribution >= 0.6 is 0 Å². The minimum absolute atomic E-state index is 0.216. The van der Waals surface area contributed by atoms with Crippen molar-refractivity contribution in [2.24, 2.45) is 5.73 Å². The Labute approximate surface area is 86.7 Å². The van der Waals surface area contributed by atoms with Gasteiger partial charge in [0.25, 0.3) is 0 Å². The fourth-order valence-corrected chi connectivity index (χ4v) is 1.37. The van der Waals surface area contributed by atoms with Crippen molar-refractivity contribution >= 4 is 0 Å². The normalized spacial score (nSPS) is 10.6. The van der Waals surface area contributed by atoms with Gasteiger partial charge in [0, 0.05) is 0 Å². The van der Waals surface area contributed by atoms with Gasteiger partial charge in [-0.25, -0.2) is 9.37 Å². The lowest BCUT2D eigenvalue weighted by molar-refractivity contribution is 0.505. The zero-order chi connectivity index (χ0) is 10.8. The maximum absolute atomic E-state index is 13.7. The lowest BCUT2D eigenvalue weighted by atomic mass is 10.1. The molecule has 1 aromatic heterocycles. The van der Waals surface area contributed by atoms with E-state index in [2.05, 4.69) is 4.98 Å². The zero-order valence-corrected chi connectivity index (χ0v) is 8.33. The highest BCUT2D eigenvalue weighted by Crippen LogP contribution is 2.25. The smallest absolute Gasteiger partial charge is 0.208 e. The van der Waals surface area contributed by atoms with Gasteiger partial charge in [0.1, 0.15) is 5.82 Å². The van der Waals surface area contributed by atoms with Gasteiger partial charge in [-0.05, 0) is 18.6 Å². The first kappa shape index (κ1) is 9.86. The Kier molecular flexibility index (Phi) is 2.51. The standard InChI is InChI=1S/C11H11FN2O/c1-7-3-2-4-8(11(7)12)9-6-14-10(5-13)15-9/h2-4,6H,5,13H2,1H3. The van der Waals surface area contributed by atoms with Gasteiger partial charge in [-0.1, -0.05) is 12.1 Å². The number of oxazole rings is 1. The molecule has 15 heavy (non-hydrogen) atoms. The summed E-state index contributed by atoms with van der Waals surface area (Å²) in [5.74, 6) is 0.541. The van der Waals surface area contributed by atoms with Gasteiger partial charge in [-0.15, -0.1) is 0 Å². The average Bonchev–Trinajstić information content (AvgIpc) is 2.70. The Morgan fingerprint density at radius 1 is 1.47 bits per heavy atom. The van der Waals surface area contributed by atoms with Gasteiger partial charge in [0.15, 0.2) is 5.76 Å². The molecule has 78 valence electrons. The van der Waals surface area contributed by atoms with Gasteiger partial charge < -0.3 is 10.2 Å². The van der Waals surface area contributed by atoms with Crippen LogP contribution < -0.4 is 5.73 Å². The molecular weight excluding hydrogens is 195 g/mol. The topological polar surface area (TPSA) is 52.0 Å². The summed E-state index contributed by atoms with van der Waals surface area (Å²) >= 11 is 0. The maximum Gasteiger partial charge on any atom is 0.208 e. The number of aryl methyl sites for hydroxylation is 1. The summed E-state index contributed by atoms with van der Waals surface area (Å²) in [4.78, 5) is 3.92. The number of nitrogens with zero attached hydrogens (tertiary/aromatic N) is 1. The summed E-state index contributed by atoms with van der Waals surface area (Å²) in [5.41, 5.74) is 6.36. The van der Waals surface area contributed by atoms with Gasteiger partial charge in [0.05, 0.1) is 18.3 Å². The molecule has 0 atom stereocenters. The molecule has 2 rings (SSSR count). The Balaban J connectivity index is 2.49. The van der Waals surface area contributed by atoms with Crippen LogP contribution in [0.15, 0.2) is 28.8 Å². The van der Waals surface area contributed by atoms with Crippen LogP contribution in [0.5, 0.6) is 0 Å². The molecule has 0 spiro atoms. The lowest BCUT2D eigenvalue weighted by Crippen LogP contribution is -1.94. The van der Waals surface area contributed by atoms with E-state index in [4.69, 9.17) is 10.2 Å². The molecule has 1 heterocycles. The molecule has 0 aliphatic carbocycles. The third kappa shape index (κ3) is 1.76. The SMILES string of the molecule is Cc1cccc(-c2cnc(CN)o2)c1F. The Bertz CT molecular complexity index is 479. The van der Waals surface area contributed by atoms with E-state index in [9.17, 15) is 4.39 Å². The van der Waals surface area contributed by atoms with Crippen LogP contribution in [0, 0.1) is 12.7 Å². The van der Waals surface area contributed by atoms with E-state index in [1.54, 1.807) is 25.1 Å². The summed E-state index contributed by atoms with van der Waals surface area (Å²) < 4.78 is 19.0. The number of hydrogen-bond donors (Lipinski definition) is 1. The molecular formula is C11H11FN2O. The molecule has 4 heteroatoms. The second kappa shape index (κ2) is 3.82. The van der Waals surface area contributed by atoms with E-state index in [1.165, 1.54) is 6.20 Å². The van der Waals surface area contributed by atoms with Crippen LogP contribution in [0.3, 0.4) is 0 Å². The molecule has 1 aromatic carbocycles. The van der Waals surface area contributed by atoms with Gasteiger partial charge in [0.2, 0.25) is 5.89 Å². The monoisotopic (exact) mass is 206 g/mol. The molecule has 0 unspecified atom stereocenters. The van der Waals surface area contributed by atoms with Crippen LogP contribution in [-0.4, -0.2) is 4.98 Å². The van der Waals surface area contributed by atoms with E-state index in [0.717, 1.165) is 0 Å². The third-order valence-corrected chi connectivity index (χ3v) is 2.19. The van der Waals surface area contributed by atoms with Crippen molar-refractivity contribution < 1.29 is 8.81 Å². The van der Waals surface area contributed by atoms with Crippen molar-refractivity contribution in [2.75, 3.05) is 0 Å². The highest BCUT2D eigenvalue weighted by Gasteiger charge is 2.11. The first-order valence-electron chi connectivity index (χ1n) is 4.62. The van der Waals surface area contributed by atoms with Crippen molar-refractivity contribution in [3.63, 3.8) is 0 Å². The fraction of sp³-hybridized carbons (Fsp3) is 0.182. The number of benzene rings is 1. The summed E-state index contributed by atoms with van der Waals surface area (Å²) in [6.45, 7) is 1.92. The predicted molar refractivity (Wildman–Crippen MR) is 54.5 cm³/mol. The van der Waals surface area contributed by atoms with E-state index >= 15 is 0 Å². The second-order valence-corrected chi connectivity index (χ2v) is 3.26. The van der Waals surface area contributed by atoms with Gasteiger partial charge in [-0.2, -0.15) is 0 Å². The minimum Gasteiger partial charge on any atom is -0.439 e. The number of rotatable bonds is 2. The molecule has 2 aromatic rings. The Morgan fingerprint density at radius 3 is 2.93 bits per heavy atom. The van der Waals surface area contributed by atoms with E-state index in [0.29, 0.717) is 22.8 Å². The van der Waals surface area contributed by atoms with Crippen LogP contribution in [0.1, 0.15) is 11.5 Å². The average molecular weight is 206 g/mol. The molecule has 0 fully saturated rings. The largest absolute Gasteiger partial charge is 0.439 e. The minimum atomic E-state index is -0.280. The zero-order valence-electron chi connectivity index (χ0n) is 8.33. The van der Waals surface area contributed by atoms with Crippen LogP contribution in [0.4, 0.5) is 4.39 Å². The van der Waals surface area contributed by atoms with Crippen molar-refractivity contribution in [1.82, 2.24) is 4.98 Å². The predicted octanol–water partition coefficient (Wildman–Crippen LogP) is 2.25. The van der Waals surface area contributed by atoms with Crippen molar-refractivity contribution in [3.05, 3.63) is 41.7 Å². The van der Waals surface area contributed by atoms with Gasteiger partial charge in [-0.3, -0.25) is 0 Å². The summed E-state index contributed by atoms with van der Waals surface area (Å²) in [6, 6.07) is 5.14. The number of halogens is 1. The summed E-state index contributed by atoms with van der Waals surface area (Å²) in [6.07, 6.45) is 1.49. The van der Waals surface area contributed by atoms with Crippen LogP contribution in [0.25, 0.3) is 11.3 Å². The molecule has 0 saturated heterocycles. The number of nitrogens with two attached hydrogens (primary N) is 1. The maximum atomic E-state index is 13.7.